The maximum Gasteiger partial charge on any atom is 0.0502 e. The molecule has 0 amide bonds. The van der Waals surface area contributed by atoms with Crippen molar-refractivity contribution in [2.75, 3.05) is 33.4 Å². The SMILES string of the molecule is CCC(COC)CN1CCC(C)CC1. The van der Waals surface area contributed by atoms with Crippen LogP contribution in [0.1, 0.15) is 33.1 Å². The van der Waals surface area contributed by atoms with Gasteiger partial charge in [-0.15, -0.1) is 0 Å². The fraction of sp³-hybridized carbons (Fsp3) is 1.00. The lowest BCUT2D eigenvalue weighted by molar-refractivity contribution is 0.103. The minimum atomic E-state index is 0.730. The van der Waals surface area contributed by atoms with Crippen LogP contribution in [0.15, 0.2) is 0 Å². The molecule has 0 bridgehead atoms. The van der Waals surface area contributed by atoms with E-state index in [-0.39, 0.29) is 0 Å². The number of hydrogen-bond acceptors (Lipinski definition) is 2. The van der Waals surface area contributed by atoms with Crippen LogP contribution in [0.2, 0.25) is 0 Å². The van der Waals surface area contributed by atoms with Gasteiger partial charge in [-0.1, -0.05) is 13.8 Å². The van der Waals surface area contributed by atoms with Gasteiger partial charge in [-0.3, -0.25) is 0 Å². The first-order valence-electron chi connectivity index (χ1n) is 5.97. The van der Waals surface area contributed by atoms with Crippen molar-refractivity contribution in [3.05, 3.63) is 0 Å². The summed E-state index contributed by atoms with van der Waals surface area (Å²) >= 11 is 0. The van der Waals surface area contributed by atoms with E-state index in [4.69, 9.17) is 4.74 Å². The fourth-order valence-electron chi connectivity index (χ4n) is 2.15. The molecule has 1 fully saturated rings. The quantitative estimate of drug-likeness (QED) is 0.674. The van der Waals surface area contributed by atoms with Gasteiger partial charge in [0.25, 0.3) is 0 Å². The Hall–Kier alpha value is -0.0800. The normalized spacial score (nSPS) is 22.5. The van der Waals surface area contributed by atoms with Crippen LogP contribution in [0.3, 0.4) is 0 Å². The van der Waals surface area contributed by atoms with Crippen molar-refractivity contribution < 1.29 is 4.74 Å². The van der Waals surface area contributed by atoms with Crippen LogP contribution in [0.5, 0.6) is 0 Å². The largest absolute Gasteiger partial charge is 0.384 e. The summed E-state index contributed by atoms with van der Waals surface area (Å²) in [7, 11) is 1.81. The molecule has 0 aromatic rings. The predicted octanol–water partition coefficient (Wildman–Crippen LogP) is 2.39. The molecule has 0 N–H and O–H groups in total. The maximum atomic E-state index is 5.23. The van der Waals surface area contributed by atoms with Crippen LogP contribution in [0.4, 0.5) is 0 Å². The molecule has 1 aliphatic rings. The highest BCUT2D eigenvalue weighted by molar-refractivity contribution is 4.72. The minimum absolute atomic E-state index is 0.730. The second-order valence-corrected chi connectivity index (χ2v) is 4.71. The lowest BCUT2D eigenvalue weighted by atomic mass is 9.97. The summed E-state index contributed by atoms with van der Waals surface area (Å²) < 4.78 is 5.23. The second kappa shape index (κ2) is 6.41. The first-order valence-corrected chi connectivity index (χ1v) is 5.97. The van der Waals surface area contributed by atoms with Crippen molar-refractivity contribution in [1.82, 2.24) is 4.90 Å². The van der Waals surface area contributed by atoms with Crippen LogP contribution in [-0.2, 0) is 4.74 Å². The Balaban J connectivity index is 2.21. The molecule has 84 valence electrons. The van der Waals surface area contributed by atoms with Crippen molar-refractivity contribution in [1.29, 1.82) is 0 Å². The molecule has 14 heavy (non-hydrogen) atoms. The molecule has 0 aromatic carbocycles. The molecule has 1 rings (SSSR count). The first-order chi connectivity index (χ1) is 6.76. The van der Waals surface area contributed by atoms with Gasteiger partial charge in [0.1, 0.15) is 0 Å². The van der Waals surface area contributed by atoms with E-state index in [1.165, 1.54) is 38.9 Å². The fourth-order valence-corrected chi connectivity index (χ4v) is 2.15. The molecular weight excluding hydrogens is 174 g/mol. The molecular formula is C12H25NO. The standard InChI is InChI=1S/C12H25NO/c1-4-12(10-14-3)9-13-7-5-11(2)6-8-13/h11-12H,4-10H2,1-3H3. The third kappa shape index (κ3) is 3.97. The summed E-state index contributed by atoms with van der Waals surface area (Å²) in [6.07, 6.45) is 3.99. The zero-order valence-corrected chi connectivity index (χ0v) is 9.96. The molecule has 2 nitrogen and oxygen atoms in total. The van der Waals surface area contributed by atoms with Crippen LogP contribution in [-0.4, -0.2) is 38.3 Å². The highest BCUT2D eigenvalue weighted by atomic mass is 16.5. The Kier molecular flexibility index (Phi) is 5.49. The molecule has 0 saturated carbocycles. The highest BCUT2D eigenvalue weighted by Crippen LogP contribution is 2.17. The Morgan fingerprint density at radius 1 is 1.36 bits per heavy atom. The number of methoxy groups -OCH3 is 1. The van der Waals surface area contributed by atoms with Gasteiger partial charge >= 0.3 is 0 Å². The smallest absolute Gasteiger partial charge is 0.0502 e. The first kappa shape index (κ1) is 12.0. The minimum Gasteiger partial charge on any atom is -0.384 e. The van der Waals surface area contributed by atoms with Crippen LogP contribution >= 0.6 is 0 Å². The number of piperidine rings is 1. The Morgan fingerprint density at radius 3 is 2.50 bits per heavy atom. The molecule has 0 radical (unpaired) electrons. The maximum absolute atomic E-state index is 5.23. The average molecular weight is 199 g/mol. The van der Waals surface area contributed by atoms with Crippen molar-refractivity contribution in [2.45, 2.75) is 33.1 Å². The molecule has 1 saturated heterocycles. The second-order valence-electron chi connectivity index (χ2n) is 4.71. The van der Waals surface area contributed by atoms with Crippen molar-refractivity contribution in [2.24, 2.45) is 11.8 Å². The molecule has 2 heteroatoms. The van der Waals surface area contributed by atoms with Gasteiger partial charge in [-0.05, 0) is 44.2 Å². The molecule has 0 aliphatic carbocycles. The van der Waals surface area contributed by atoms with E-state index < -0.39 is 0 Å². The van der Waals surface area contributed by atoms with Gasteiger partial charge in [-0.25, -0.2) is 0 Å². The van der Waals surface area contributed by atoms with Gasteiger partial charge in [0, 0.05) is 13.7 Å². The highest BCUT2D eigenvalue weighted by Gasteiger charge is 2.18. The van der Waals surface area contributed by atoms with Gasteiger partial charge in [0.05, 0.1) is 6.61 Å². The topological polar surface area (TPSA) is 12.5 Å². The van der Waals surface area contributed by atoms with E-state index in [0.29, 0.717) is 0 Å². The van der Waals surface area contributed by atoms with Gasteiger partial charge in [-0.2, -0.15) is 0 Å². The zero-order valence-electron chi connectivity index (χ0n) is 9.96. The Bertz CT molecular complexity index is 141. The average Bonchev–Trinajstić information content (AvgIpc) is 2.20. The third-order valence-electron chi connectivity index (χ3n) is 3.37. The predicted molar refractivity (Wildman–Crippen MR) is 60.5 cm³/mol. The van der Waals surface area contributed by atoms with E-state index in [2.05, 4.69) is 18.7 Å². The molecule has 0 spiro atoms. The molecule has 1 unspecified atom stereocenters. The summed E-state index contributed by atoms with van der Waals surface area (Å²) in [5.41, 5.74) is 0. The van der Waals surface area contributed by atoms with Crippen LogP contribution < -0.4 is 0 Å². The monoisotopic (exact) mass is 199 g/mol. The summed E-state index contributed by atoms with van der Waals surface area (Å²) in [4.78, 5) is 2.60. The molecule has 1 aliphatic heterocycles. The van der Waals surface area contributed by atoms with Gasteiger partial charge in [0.15, 0.2) is 0 Å². The van der Waals surface area contributed by atoms with Crippen molar-refractivity contribution in [3.63, 3.8) is 0 Å². The lowest BCUT2D eigenvalue weighted by Gasteiger charge is -2.32. The van der Waals surface area contributed by atoms with Gasteiger partial charge in [0.2, 0.25) is 0 Å². The summed E-state index contributed by atoms with van der Waals surface area (Å²) in [6.45, 7) is 9.36. The Morgan fingerprint density at radius 2 is 2.00 bits per heavy atom. The van der Waals surface area contributed by atoms with E-state index in [1.54, 1.807) is 7.11 Å². The van der Waals surface area contributed by atoms with Crippen molar-refractivity contribution in [3.8, 4) is 0 Å². The summed E-state index contributed by atoms with van der Waals surface area (Å²) in [5.74, 6) is 1.67. The van der Waals surface area contributed by atoms with E-state index in [9.17, 15) is 0 Å². The number of likely N-dealkylation sites (tertiary alicyclic amines) is 1. The lowest BCUT2D eigenvalue weighted by Crippen LogP contribution is -2.37. The number of nitrogens with zero attached hydrogens (tertiary/aromatic N) is 1. The van der Waals surface area contributed by atoms with Gasteiger partial charge < -0.3 is 9.64 Å². The number of ether oxygens (including phenoxy) is 1. The van der Waals surface area contributed by atoms with Crippen molar-refractivity contribution >= 4 is 0 Å². The van der Waals surface area contributed by atoms with E-state index in [0.717, 1.165) is 18.4 Å². The number of rotatable bonds is 5. The summed E-state index contributed by atoms with van der Waals surface area (Å²) in [6, 6.07) is 0. The molecule has 1 atom stereocenters. The van der Waals surface area contributed by atoms with E-state index in [1.807, 2.05) is 0 Å². The zero-order chi connectivity index (χ0) is 10.4. The molecule has 1 heterocycles. The van der Waals surface area contributed by atoms with Crippen LogP contribution in [0.25, 0.3) is 0 Å². The number of hydrogen-bond donors (Lipinski definition) is 0. The summed E-state index contributed by atoms with van der Waals surface area (Å²) in [5, 5.41) is 0. The Labute approximate surface area is 88.6 Å². The van der Waals surface area contributed by atoms with Crippen LogP contribution in [0, 0.1) is 11.8 Å². The third-order valence-corrected chi connectivity index (χ3v) is 3.37. The van der Waals surface area contributed by atoms with E-state index >= 15 is 0 Å². The molecule has 0 aromatic heterocycles.